The number of fused-ring (bicyclic) bond motifs is 14. The summed E-state index contributed by atoms with van der Waals surface area (Å²) >= 11 is 0. The first kappa shape index (κ1) is 18.0. The molecule has 5 aromatic carbocycles. The molecule has 0 aliphatic heterocycles. The van der Waals surface area contributed by atoms with Crippen molar-refractivity contribution in [3.05, 3.63) is 119 Å². The molecule has 0 spiro atoms. The minimum absolute atomic E-state index is 0.989. The van der Waals surface area contributed by atoms with Crippen LogP contribution >= 0.6 is 0 Å². The number of benzene rings is 5. The predicted octanol–water partition coefficient (Wildman–Crippen LogP) is 7.94. The molecular formula is C33H20N2. The summed E-state index contributed by atoms with van der Waals surface area (Å²) in [5.41, 5.74) is 15.8. The Bertz CT molecular complexity index is 2060. The van der Waals surface area contributed by atoms with Crippen molar-refractivity contribution >= 4 is 38.4 Å². The minimum atomic E-state index is 0.989. The molecule has 0 saturated carbocycles. The first-order valence-electron chi connectivity index (χ1n) is 12.3. The molecule has 9 rings (SSSR count). The van der Waals surface area contributed by atoms with E-state index in [-0.39, 0.29) is 0 Å². The van der Waals surface area contributed by atoms with Gasteiger partial charge in [-0.1, -0.05) is 72.8 Å². The third-order valence-electron chi connectivity index (χ3n) is 8.17. The van der Waals surface area contributed by atoms with Crippen LogP contribution < -0.4 is 0 Å². The zero-order valence-corrected chi connectivity index (χ0v) is 19.0. The van der Waals surface area contributed by atoms with E-state index in [9.17, 15) is 0 Å². The lowest BCUT2D eigenvalue weighted by Crippen LogP contribution is -1.91. The highest BCUT2D eigenvalue weighted by Gasteiger charge is 2.26. The Hall–Kier alpha value is -4.43. The molecule has 7 aromatic rings. The maximum Gasteiger partial charge on any atom is 0.146 e. The minimum Gasteiger partial charge on any atom is -0.292 e. The molecule has 162 valence electrons. The quantitative estimate of drug-likeness (QED) is 0.217. The molecule has 0 bridgehead atoms. The van der Waals surface area contributed by atoms with E-state index in [1.165, 1.54) is 71.7 Å². The lowest BCUT2D eigenvalue weighted by Gasteiger charge is -2.09. The van der Waals surface area contributed by atoms with Crippen molar-refractivity contribution in [1.29, 1.82) is 0 Å². The van der Waals surface area contributed by atoms with Crippen molar-refractivity contribution in [2.75, 3.05) is 0 Å². The number of para-hydroxylation sites is 1. The second-order valence-corrected chi connectivity index (χ2v) is 10.0. The SMILES string of the molecule is c1ccc2c(c1)Cc1cc3c(cc1-2)-c1cc2nc4c5ccccc5c5ccccc5n4c2cc1C3. The molecule has 35 heavy (non-hydrogen) atoms. The maximum absolute atomic E-state index is 5.22. The zero-order chi connectivity index (χ0) is 22.7. The van der Waals surface area contributed by atoms with Crippen molar-refractivity contribution in [2.24, 2.45) is 0 Å². The van der Waals surface area contributed by atoms with Crippen molar-refractivity contribution in [3.63, 3.8) is 0 Å². The number of hydrogen-bond acceptors (Lipinski definition) is 1. The standard InChI is InChI=1S/C33H20N2/c1-2-8-23-19(7-1)13-20-14-21-15-22-16-32-30(18-29(22)28(21)17-27(20)23)34-33-26-11-4-3-9-24(26)25-10-5-6-12-31(25)35(32)33/h1-12,14,16-18H,13,15H2. The molecule has 0 unspecified atom stereocenters. The molecule has 2 aromatic heterocycles. The monoisotopic (exact) mass is 444 g/mol. The molecule has 0 radical (unpaired) electrons. The van der Waals surface area contributed by atoms with E-state index in [4.69, 9.17) is 4.98 Å². The highest BCUT2D eigenvalue weighted by molar-refractivity contribution is 6.14. The second kappa shape index (κ2) is 6.17. The normalized spacial score (nSPS) is 13.5. The Morgan fingerprint density at radius 3 is 2.06 bits per heavy atom. The summed E-state index contributed by atoms with van der Waals surface area (Å²) in [5, 5.41) is 3.74. The Balaban J connectivity index is 1.35. The highest BCUT2D eigenvalue weighted by Crippen LogP contribution is 2.46. The van der Waals surface area contributed by atoms with Crippen LogP contribution in [0.25, 0.3) is 60.6 Å². The maximum atomic E-state index is 5.22. The van der Waals surface area contributed by atoms with Crippen LogP contribution in [-0.2, 0) is 12.8 Å². The molecule has 0 fully saturated rings. The van der Waals surface area contributed by atoms with E-state index in [1.54, 1.807) is 0 Å². The second-order valence-electron chi connectivity index (χ2n) is 10.0. The van der Waals surface area contributed by atoms with Gasteiger partial charge < -0.3 is 0 Å². The summed E-state index contributed by atoms with van der Waals surface area (Å²) in [6.07, 6.45) is 2.03. The van der Waals surface area contributed by atoms with E-state index in [0.29, 0.717) is 0 Å². The smallest absolute Gasteiger partial charge is 0.146 e. The highest BCUT2D eigenvalue weighted by atomic mass is 15.0. The van der Waals surface area contributed by atoms with Gasteiger partial charge in [-0.2, -0.15) is 0 Å². The molecule has 2 aliphatic carbocycles. The summed E-state index contributed by atoms with van der Waals surface area (Å²) in [7, 11) is 0. The van der Waals surface area contributed by atoms with Gasteiger partial charge in [0.25, 0.3) is 0 Å². The lowest BCUT2D eigenvalue weighted by atomic mass is 9.98. The van der Waals surface area contributed by atoms with Crippen LogP contribution in [0.4, 0.5) is 0 Å². The van der Waals surface area contributed by atoms with Crippen molar-refractivity contribution < 1.29 is 0 Å². The fourth-order valence-corrected chi connectivity index (χ4v) is 6.63. The molecule has 0 saturated heterocycles. The number of hydrogen-bond donors (Lipinski definition) is 0. The molecule has 0 amide bonds. The van der Waals surface area contributed by atoms with E-state index in [1.807, 2.05) is 0 Å². The molecular weight excluding hydrogens is 424 g/mol. The molecule has 0 N–H and O–H groups in total. The van der Waals surface area contributed by atoms with Crippen molar-refractivity contribution in [2.45, 2.75) is 12.8 Å². The number of rotatable bonds is 0. The first-order valence-corrected chi connectivity index (χ1v) is 12.3. The van der Waals surface area contributed by atoms with E-state index in [0.717, 1.165) is 24.0 Å². The number of aromatic nitrogens is 2. The molecule has 0 atom stereocenters. The van der Waals surface area contributed by atoms with Gasteiger partial charge in [-0.3, -0.25) is 4.40 Å². The summed E-state index contributed by atoms with van der Waals surface area (Å²) in [5.74, 6) is 0. The summed E-state index contributed by atoms with van der Waals surface area (Å²) < 4.78 is 2.37. The lowest BCUT2D eigenvalue weighted by molar-refractivity contribution is 1.21. The summed E-state index contributed by atoms with van der Waals surface area (Å²) in [4.78, 5) is 5.22. The van der Waals surface area contributed by atoms with E-state index in [2.05, 4.69) is 101 Å². The van der Waals surface area contributed by atoms with Gasteiger partial charge in [0, 0.05) is 10.8 Å². The average molecular weight is 445 g/mol. The van der Waals surface area contributed by atoms with Crippen molar-refractivity contribution in [3.8, 4) is 22.3 Å². The van der Waals surface area contributed by atoms with Crippen LogP contribution in [0, 0.1) is 0 Å². The fourth-order valence-electron chi connectivity index (χ4n) is 6.63. The first-order chi connectivity index (χ1) is 17.3. The third kappa shape index (κ3) is 2.22. The van der Waals surface area contributed by atoms with Crippen LogP contribution in [0.1, 0.15) is 22.3 Å². The summed E-state index contributed by atoms with van der Waals surface area (Å²) in [6.45, 7) is 0. The molecule has 2 aliphatic rings. The van der Waals surface area contributed by atoms with Crippen LogP contribution in [0.3, 0.4) is 0 Å². The number of nitrogens with zero attached hydrogens (tertiary/aromatic N) is 2. The number of imidazole rings is 1. The van der Waals surface area contributed by atoms with Crippen LogP contribution in [0.15, 0.2) is 97.1 Å². The summed E-state index contributed by atoms with van der Waals surface area (Å²) in [6, 6.07) is 35.8. The van der Waals surface area contributed by atoms with Gasteiger partial charge in [-0.05, 0) is 87.0 Å². The van der Waals surface area contributed by atoms with Gasteiger partial charge in [0.2, 0.25) is 0 Å². The predicted molar refractivity (Wildman–Crippen MR) is 144 cm³/mol. The zero-order valence-electron chi connectivity index (χ0n) is 19.0. The molecule has 2 nitrogen and oxygen atoms in total. The van der Waals surface area contributed by atoms with Crippen LogP contribution in [0.2, 0.25) is 0 Å². The molecule has 2 heterocycles. The number of pyridine rings is 1. The van der Waals surface area contributed by atoms with Gasteiger partial charge in [0.05, 0.1) is 16.6 Å². The van der Waals surface area contributed by atoms with E-state index < -0.39 is 0 Å². The Labute approximate surface area is 202 Å². The Kier molecular flexibility index (Phi) is 3.16. The largest absolute Gasteiger partial charge is 0.292 e. The molecule has 2 heteroatoms. The average Bonchev–Trinajstić information content (AvgIpc) is 3.56. The van der Waals surface area contributed by atoms with Crippen LogP contribution in [-0.4, -0.2) is 9.38 Å². The van der Waals surface area contributed by atoms with E-state index >= 15 is 0 Å². The topological polar surface area (TPSA) is 17.3 Å². The van der Waals surface area contributed by atoms with Gasteiger partial charge in [-0.25, -0.2) is 4.98 Å². The third-order valence-corrected chi connectivity index (χ3v) is 8.17. The fraction of sp³-hybridized carbons (Fsp3) is 0.0606. The van der Waals surface area contributed by atoms with Gasteiger partial charge >= 0.3 is 0 Å². The van der Waals surface area contributed by atoms with Gasteiger partial charge in [-0.15, -0.1) is 0 Å². The van der Waals surface area contributed by atoms with Gasteiger partial charge in [0.15, 0.2) is 0 Å². The van der Waals surface area contributed by atoms with Crippen molar-refractivity contribution in [1.82, 2.24) is 9.38 Å². The van der Waals surface area contributed by atoms with Gasteiger partial charge in [0.1, 0.15) is 5.65 Å². The Morgan fingerprint density at radius 1 is 0.486 bits per heavy atom. The Morgan fingerprint density at radius 2 is 1.14 bits per heavy atom. The van der Waals surface area contributed by atoms with Crippen LogP contribution in [0.5, 0.6) is 0 Å².